The lowest BCUT2D eigenvalue weighted by molar-refractivity contribution is 0.123. The van der Waals surface area contributed by atoms with Crippen molar-refractivity contribution in [3.8, 4) is 0 Å². The van der Waals surface area contributed by atoms with Crippen LogP contribution in [0.5, 0.6) is 0 Å². The molecule has 0 radical (unpaired) electrons. The fourth-order valence-electron chi connectivity index (χ4n) is 0.316. The van der Waals surface area contributed by atoms with Gasteiger partial charge in [0.05, 0.1) is 7.45 Å². The van der Waals surface area contributed by atoms with Gasteiger partial charge in [-0.1, -0.05) is 0 Å². The van der Waals surface area contributed by atoms with E-state index in [0.717, 1.165) is 0 Å². The normalized spacial score (nSPS) is 102. The van der Waals surface area contributed by atoms with Crippen LogP contribution in [0.1, 0.15) is 39.2 Å². The van der Waals surface area contributed by atoms with Crippen molar-refractivity contribution in [2.45, 2.75) is 37.6 Å². The van der Waals surface area contributed by atoms with Gasteiger partial charge in [0.15, 0.2) is 0 Å². The third kappa shape index (κ3) is 1.46. The summed E-state index contributed by atoms with van der Waals surface area (Å²) in [4.78, 5) is 0. The van der Waals surface area contributed by atoms with Crippen LogP contribution in [-0.2, 0) is 0 Å². The summed E-state index contributed by atoms with van der Waals surface area (Å²) in [5.74, 6) is 0. The zero-order chi connectivity index (χ0) is 15.0. The average molecular weight is 125 g/mol. The van der Waals surface area contributed by atoms with Crippen LogP contribution in [0.4, 0.5) is 0 Å². The zero-order valence-electron chi connectivity index (χ0n) is 14.0. The minimum absolute atomic E-state index is 3.32. The van der Waals surface area contributed by atoms with E-state index in [2.05, 4.69) is 0 Å². The van der Waals surface area contributed by atoms with Crippen LogP contribution in [0, 0.1) is 0 Å². The van der Waals surface area contributed by atoms with Crippen molar-refractivity contribution in [3.63, 3.8) is 0 Å². The molecule has 0 heterocycles. The number of hydrogen-bond acceptors (Lipinski definition) is 2. The fraction of sp³-hybridized carbons (Fsp3) is 1.00. The van der Waals surface area contributed by atoms with E-state index in [9.17, 15) is 5.11 Å². The predicted molar refractivity (Wildman–Crippen MR) is 32.5 cm³/mol. The topological polar surface area (TPSA) is 46.2 Å². The Hall–Kier alpha value is -0.0800. The number of nitrogens with two attached hydrogens (primary N) is 1. The average Bonchev–Trinajstić information content (AvgIpc) is 2.14. The molecule has 0 aromatic rings. The van der Waals surface area contributed by atoms with Crippen LogP contribution in [0.2, 0.25) is 0 Å². The lowest BCUT2D eigenvalue weighted by Gasteiger charge is -2.21. The van der Waals surface area contributed by atoms with Crippen molar-refractivity contribution in [2.24, 2.45) is 5.73 Å². The molecule has 1 aliphatic carbocycles. The highest BCUT2D eigenvalue weighted by atomic mass is 16.3. The summed E-state index contributed by atoms with van der Waals surface area (Å²) in [5.41, 5.74) is 5.15. The van der Waals surface area contributed by atoms with Gasteiger partial charge in [-0.3, -0.25) is 0 Å². The molecule has 1 saturated carbocycles. The third-order valence-electron chi connectivity index (χ3n) is 0.631. The number of rotatable bonds is 0. The molecule has 1 fully saturated rings. The largest absolute Gasteiger partial charge is 0.393 e. The Morgan fingerprint density at radius 2 is 2.00 bits per heavy atom. The molecule has 2 nitrogen and oxygen atoms in total. The maximum Gasteiger partial charge on any atom is 0.0600 e. The maximum absolute atomic E-state index is 9.63. The lowest BCUT2D eigenvalue weighted by atomic mass is 9.94. The van der Waals surface area contributed by atoms with Crippen molar-refractivity contribution in [2.75, 3.05) is 0 Å². The summed E-state index contributed by atoms with van der Waals surface area (Å²) < 4.78 is 73.9. The molecule has 0 spiro atoms. The minimum Gasteiger partial charge on any atom is -0.393 e. The number of aliphatic hydroxyl groups is 1. The smallest absolute Gasteiger partial charge is 0.0600 e. The molecule has 1 aliphatic rings. The van der Waals surface area contributed by atoms with E-state index in [0.29, 0.717) is 0 Å². The summed E-state index contributed by atoms with van der Waals surface area (Å²) in [5, 5.41) is 9.63. The van der Waals surface area contributed by atoms with Crippen molar-refractivity contribution in [1.29, 1.82) is 0 Å². The van der Waals surface area contributed by atoms with Crippen molar-refractivity contribution < 1.29 is 18.8 Å². The molecule has 1 rings (SSSR count). The van der Waals surface area contributed by atoms with Gasteiger partial charge in [-0.05, 0) is 25.5 Å². The Morgan fingerprint density at radius 3 is 2.50 bits per heavy atom. The summed E-state index contributed by atoms with van der Waals surface area (Å²) >= 11 is 0. The van der Waals surface area contributed by atoms with Gasteiger partial charge in [0.25, 0.3) is 0 Å². The van der Waals surface area contributed by atoms with E-state index in [1.165, 1.54) is 0 Å². The zero-order valence-corrected chi connectivity index (χ0v) is 4.02. The van der Waals surface area contributed by atoms with Crippen LogP contribution in [0.25, 0.3) is 0 Å². The highest BCUT2D eigenvalue weighted by Crippen LogP contribution is 2.15. The second-order valence-corrected chi connectivity index (χ2v) is 1.26. The Balaban J connectivity index is 3.72. The molecule has 0 saturated heterocycles. The predicted octanol–water partition coefficient (Wildman–Crippen LogP) is 0.249. The van der Waals surface area contributed by atoms with Gasteiger partial charge in [-0.25, -0.2) is 0 Å². The van der Waals surface area contributed by atoms with Crippen molar-refractivity contribution >= 4 is 0 Å². The van der Waals surface area contributed by atoms with Crippen LogP contribution < -0.4 is 5.73 Å². The molecule has 2 heteroatoms. The van der Waals surface area contributed by atoms with E-state index in [4.69, 9.17) is 19.4 Å². The first-order valence-corrected chi connectivity index (χ1v) is 2.01. The molecule has 0 amide bonds. The fourth-order valence-corrected chi connectivity index (χ4v) is 0.316. The molecule has 0 unspecified atom stereocenters. The molecule has 3 N–H and O–H groups in total. The van der Waals surface area contributed by atoms with Gasteiger partial charge in [-0.15, -0.1) is 0 Å². The monoisotopic (exact) mass is 125 g/mol. The van der Waals surface area contributed by atoms with Gasteiger partial charge in [-0.2, -0.15) is 0 Å². The highest BCUT2D eigenvalue weighted by Gasteiger charge is 2.14. The first-order chi connectivity index (χ1) is 7.50. The van der Waals surface area contributed by atoms with Gasteiger partial charge in [0.2, 0.25) is 0 Å². The number of hydrogen-bond donors (Lipinski definition) is 2. The van der Waals surface area contributed by atoms with E-state index >= 15 is 0 Å². The Bertz CT molecular complexity index is 258. The van der Waals surface area contributed by atoms with Gasteiger partial charge < -0.3 is 10.8 Å². The molecule has 0 aromatic heterocycles. The summed E-state index contributed by atoms with van der Waals surface area (Å²) in [6.07, 6.45) is -17.9. The van der Waals surface area contributed by atoms with E-state index in [-0.39, 0.29) is 0 Å². The van der Waals surface area contributed by atoms with Crippen LogP contribution >= 0.6 is 0 Å². The van der Waals surface area contributed by atoms with E-state index in [1.54, 1.807) is 0 Å². The second kappa shape index (κ2) is 2.46. The molecule has 0 aliphatic heterocycles. The van der Waals surface area contributed by atoms with Crippen molar-refractivity contribution in [3.05, 3.63) is 0 Å². The first kappa shape index (κ1) is 1.18. The minimum atomic E-state index is -3.74. The van der Waals surface area contributed by atoms with E-state index in [1.807, 2.05) is 0 Å². The second-order valence-electron chi connectivity index (χ2n) is 1.26. The molecular formula is C6H13NO. The molecule has 0 aromatic carbocycles. The van der Waals surface area contributed by atoms with Crippen LogP contribution in [0.15, 0.2) is 0 Å². The van der Waals surface area contributed by atoms with Gasteiger partial charge in [0, 0.05) is 18.4 Å². The van der Waals surface area contributed by atoms with Gasteiger partial charge >= 0.3 is 0 Å². The Kier molecular flexibility index (Phi) is 0.364. The summed E-state index contributed by atoms with van der Waals surface area (Å²) in [7, 11) is 0. The van der Waals surface area contributed by atoms with Crippen LogP contribution in [0.3, 0.4) is 0 Å². The molecule has 8 heavy (non-hydrogen) atoms. The highest BCUT2D eigenvalue weighted by molar-refractivity contribution is 4.72. The Labute approximate surface area is 63.7 Å². The van der Waals surface area contributed by atoms with Crippen LogP contribution in [-0.4, -0.2) is 17.2 Å². The van der Waals surface area contributed by atoms with E-state index < -0.39 is 37.6 Å². The molecule has 48 valence electrons. The first-order valence-electron chi connectivity index (χ1n) is 7.01. The summed E-state index contributed by atoms with van der Waals surface area (Å²) in [6, 6.07) is -3.32. The quantitative estimate of drug-likeness (QED) is 0.487. The molecule has 0 bridgehead atoms. The standard InChI is InChI=1S/C6H13NO/c7-5-1-3-6(8)4-2-5/h5-6,8H,1-4,7H2/i1D2,2D2,3D2,4D2,5D,6D. The molecule has 0 atom stereocenters. The molecular weight excluding hydrogens is 102 g/mol. The van der Waals surface area contributed by atoms with Gasteiger partial charge in [0.1, 0.15) is 0 Å². The lowest BCUT2D eigenvalue weighted by Crippen LogP contribution is -2.28. The maximum atomic E-state index is 9.63. The third-order valence-corrected chi connectivity index (χ3v) is 0.631. The Morgan fingerprint density at radius 1 is 1.50 bits per heavy atom. The summed E-state index contributed by atoms with van der Waals surface area (Å²) in [6.45, 7) is 0. The van der Waals surface area contributed by atoms with Crippen molar-refractivity contribution in [1.82, 2.24) is 0 Å². The SMILES string of the molecule is [2H]C1([2H])C([2H])([2H])C([2H])(O)C([2H])([2H])C([2H])([2H])C1([2H])N.